The Morgan fingerprint density at radius 3 is 2.73 bits per heavy atom. The number of benzene rings is 1. The third-order valence-corrected chi connectivity index (χ3v) is 2.57. The van der Waals surface area contributed by atoms with Crippen LogP contribution in [-0.2, 0) is 16.0 Å². The number of halogens is 1. The molecular formula is C12H13FO2. The van der Waals surface area contributed by atoms with E-state index >= 15 is 0 Å². The van der Waals surface area contributed by atoms with Gasteiger partial charge in [-0.05, 0) is 24.1 Å². The Bertz CT molecular complexity index is 345. The number of carbonyl (C=O) groups excluding carboxylic acids is 1. The molecule has 1 aromatic rings. The SMILES string of the molecule is O=C1CCOC(Cc2ccc(F)cc2)C1. The smallest absolute Gasteiger partial charge is 0.137 e. The molecular weight excluding hydrogens is 195 g/mol. The van der Waals surface area contributed by atoms with Gasteiger partial charge in [0.05, 0.1) is 12.7 Å². The number of ketones is 1. The van der Waals surface area contributed by atoms with Crippen molar-refractivity contribution in [2.24, 2.45) is 0 Å². The summed E-state index contributed by atoms with van der Waals surface area (Å²) in [5.74, 6) is 0.0211. The van der Waals surface area contributed by atoms with Crippen molar-refractivity contribution in [2.45, 2.75) is 25.4 Å². The van der Waals surface area contributed by atoms with E-state index in [1.165, 1.54) is 12.1 Å². The van der Waals surface area contributed by atoms with Crippen LogP contribution in [0.25, 0.3) is 0 Å². The molecule has 1 aliphatic heterocycles. The highest BCUT2D eigenvalue weighted by Crippen LogP contribution is 2.15. The summed E-state index contributed by atoms with van der Waals surface area (Å²) in [7, 11) is 0. The zero-order chi connectivity index (χ0) is 10.7. The quantitative estimate of drug-likeness (QED) is 0.744. The van der Waals surface area contributed by atoms with Crippen LogP contribution in [0.5, 0.6) is 0 Å². The van der Waals surface area contributed by atoms with Gasteiger partial charge >= 0.3 is 0 Å². The Hall–Kier alpha value is -1.22. The van der Waals surface area contributed by atoms with Crippen LogP contribution in [0.3, 0.4) is 0 Å². The lowest BCUT2D eigenvalue weighted by atomic mass is 10.0. The summed E-state index contributed by atoms with van der Waals surface area (Å²) >= 11 is 0. The van der Waals surface area contributed by atoms with E-state index in [4.69, 9.17) is 4.74 Å². The van der Waals surface area contributed by atoms with Crippen molar-refractivity contribution in [1.29, 1.82) is 0 Å². The van der Waals surface area contributed by atoms with Crippen LogP contribution in [-0.4, -0.2) is 18.5 Å². The fourth-order valence-corrected chi connectivity index (χ4v) is 1.77. The lowest BCUT2D eigenvalue weighted by molar-refractivity contribution is -0.128. The Kier molecular flexibility index (Phi) is 3.11. The molecule has 0 aliphatic carbocycles. The highest BCUT2D eigenvalue weighted by Gasteiger charge is 2.19. The van der Waals surface area contributed by atoms with Crippen LogP contribution in [0.15, 0.2) is 24.3 Å². The highest BCUT2D eigenvalue weighted by molar-refractivity contribution is 5.79. The molecule has 2 nitrogen and oxygen atoms in total. The van der Waals surface area contributed by atoms with E-state index in [1.54, 1.807) is 12.1 Å². The van der Waals surface area contributed by atoms with Gasteiger partial charge in [0.1, 0.15) is 11.6 Å². The molecule has 1 heterocycles. The zero-order valence-electron chi connectivity index (χ0n) is 8.41. The second-order valence-corrected chi connectivity index (χ2v) is 3.82. The van der Waals surface area contributed by atoms with E-state index in [9.17, 15) is 9.18 Å². The highest BCUT2D eigenvalue weighted by atomic mass is 19.1. The second-order valence-electron chi connectivity index (χ2n) is 3.82. The number of Topliss-reactive ketones (excluding diaryl/α,β-unsaturated/α-hetero) is 1. The van der Waals surface area contributed by atoms with E-state index in [0.717, 1.165) is 5.56 Å². The summed E-state index contributed by atoms with van der Waals surface area (Å²) in [6, 6.07) is 6.33. The van der Waals surface area contributed by atoms with Crippen LogP contribution in [0.2, 0.25) is 0 Å². The molecule has 1 unspecified atom stereocenters. The van der Waals surface area contributed by atoms with E-state index in [2.05, 4.69) is 0 Å². The first kappa shape index (κ1) is 10.3. The summed E-state index contributed by atoms with van der Waals surface area (Å²) in [5.41, 5.74) is 1.01. The predicted molar refractivity (Wildman–Crippen MR) is 54.1 cm³/mol. The number of rotatable bonds is 2. The third-order valence-electron chi connectivity index (χ3n) is 2.57. The van der Waals surface area contributed by atoms with Gasteiger partial charge in [0.25, 0.3) is 0 Å². The molecule has 1 aromatic carbocycles. The molecule has 80 valence electrons. The molecule has 2 rings (SSSR count). The average Bonchev–Trinajstić information content (AvgIpc) is 2.22. The van der Waals surface area contributed by atoms with Crippen LogP contribution >= 0.6 is 0 Å². The standard InChI is InChI=1S/C12H13FO2/c13-10-3-1-9(2-4-10)7-12-8-11(14)5-6-15-12/h1-4,12H,5-8H2. The first-order valence-corrected chi connectivity index (χ1v) is 5.12. The number of hydrogen-bond acceptors (Lipinski definition) is 2. The molecule has 0 amide bonds. The molecule has 3 heteroatoms. The average molecular weight is 208 g/mol. The largest absolute Gasteiger partial charge is 0.377 e. The van der Waals surface area contributed by atoms with Crippen molar-refractivity contribution in [3.05, 3.63) is 35.6 Å². The summed E-state index contributed by atoms with van der Waals surface area (Å²) in [4.78, 5) is 11.2. The molecule has 0 bridgehead atoms. The minimum atomic E-state index is -0.237. The molecule has 0 N–H and O–H groups in total. The Morgan fingerprint density at radius 2 is 2.07 bits per heavy atom. The topological polar surface area (TPSA) is 26.3 Å². The molecule has 1 aliphatic rings. The second kappa shape index (κ2) is 4.53. The van der Waals surface area contributed by atoms with Crippen molar-refractivity contribution in [2.75, 3.05) is 6.61 Å². The maximum Gasteiger partial charge on any atom is 0.137 e. The van der Waals surface area contributed by atoms with Gasteiger partial charge in [-0.1, -0.05) is 12.1 Å². The fraction of sp³-hybridized carbons (Fsp3) is 0.417. The Labute approximate surface area is 88.1 Å². The molecule has 1 atom stereocenters. The number of ether oxygens (including phenoxy) is 1. The lowest BCUT2D eigenvalue weighted by Gasteiger charge is -2.21. The number of hydrogen-bond donors (Lipinski definition) is 0. The van der Waals surface area contributed by atoms with Crippen LogP contribution in [0.4, 0.5) is 4.39 Å². The van der Waals surface area contributed by atoms with E-state index in [-0.39, 0.29) is 17.7 Å². The minimum Gasteiger partial charge on any atom is -0.377 e. The van der Waals surface area contributed by atoms with Gasteiger partial charge in [-0.25, -0.2) is 4.39 Å². The Morgan fingerprint density at radius 1 is 1.33 bits per heavy atom. The lowest BCUT2D eigenvalue weighted by Crippen LogP contribution is -2.27. The summed E-state index contributed by atoms with van der Waals surface area (Å²) < 4.78 is 18.1. The van der Waals surface area contributed by atoms with Gasteiger partial charge in [-0.15, -0.1) is 0 Å². The van der Waals surface area contributed by atoms with Gasteiger partial charge < -0.3 is 4.74 Å². The van der Waals surface area contributed by atoms with Crippen LogP contribution in [0.1, 0.15) is 18.4 Å². The monoisotopic (exact) mass is 208 g/mol. The summed E-state index contributed by atoms with van der Waals surface area (Å²) in [6.07, 6.45) is 1.67. The summed E-state index contributed by atoms with van der Waals surface area (Å²) in [6.45, 7) is 0.519. The van der Waals surface area contributed by atoms with Gasteiger partial charge in [-0.2, -0.15) is 0 Å². The van der Waals surface area contributed by atoms with Crippen molar-refractivity contribution < 1.29 is 13.9 Å². The van der Waals surface area contributed by atoms with E-state index in [1.807, 2.05) is 0 Å². The van der Waals surface area contributed by atoms with Gasteiger partial charge in [-0.3, -0.25) is 4.79 Å². The minimum absolute atomic E-state index is 0.0308. The maximum absolute atomic E-state index is 12.6. The summed E-state index contributed by atoms with van der Waals surface area (Å²) in [5, 5.41) is 0. The first-order chi connectivity index (χ1) is 7.24. The van der Waals surface area contributed by atoms with Crippen molar-refractivity contribution in [3.63, 3.8) is 0 Å². The normalized spacial score (nSPS) is 21.7. The molecule has 15 heavy (non-hydrogen) atoms. The zero-order valence-corrected chi connectivity index (χ0v) is 8.41. The van der Waals surface area contributed by atoms with Gasteiger partial charge in [0, 0.05) is 12.8 Å². The predicted octanol–water partition coefficient (Wildman–Crippen LogP) is 2.12. The van der Waals surface area contributed by atoms with E-state index in [0.29, 0.717) is 25.9 Å². The molecule has 0 saturated carbocycles. The number of carbonyl (C=O) groups is 1. The molecule has 1 fully saturated rings. The molecule has 0 spiro atoms. The van der Waals surface area contributed by atoms with Gasteiger partial charge in [0.15, 0.2) is 0 Å². The third kappa shape index (κ3) is 2.86. The fourth-order valence-electron chi connectivity index (χ4n) is 1.77. The van der Waals surface area contributed by atoms with Crippen molar-refractivity contribution in [3.8, 4) is 0 Å². The van der Waals surface area contributed by atoms with Gasteiger partial charge in [0.2, 0.25) is 0 Å². The Balaban J connectivity index is 1.96. The van der Waals surface area contributed by atoms with E-state index < -0.39 is 0 Å². The maximum atomic E-state index is 12.6. The molecule has 0 aromatic heterocycles. The van der Waals surface area contributed by atoms with Crippen LogP contribution in [0, 0.1) is 5.82 Å². The first-order valence-electron chi connectivity index (χ1n) is 5.12. The van der Waals surface area contributed by atoms with Crippen LogP contribution < -0.4 is 0 Å². The molecule has 0 radical (unpaired) electrons. The molecule has 1 saturated heterocycles. The van der Waals surface area contributed by atoms with Crippen molar-refractivity contribution >= 4 is 5.78 Å². The van der Waals surface area contributed by atoms with Crippen molar-refractivity contribution in [1.82, 2.24) is 0 Å².